The zero-order valence-corrected chi connectivity index (χ0v) is 16.9. The third-order valence-electron chi connectivity index (χ3n) is 5.23. The fourth-order valence-corrected chi connectivity index (χ4v) is 4.84. The minimum atomic E-state index is -3.48. The van der Waals surface area contributed by atoms with Crippen molar-refractivity contribution in [1.82, 2.24) is 14.4 Å². The molecule has 29 heavy (non-hydrogen) atoms. The van der Waals surface area contributed by atoms with Crippen molar-refractivity contribution in [2.75, 3.05) is 13.1 Å². The second-order valence-electron chi connectivity index (χ2n) is 7.43. The fourth-order valence-electron chi connectivity index (χ4n) is 3.37. The van der Waals surface area contributed by atoms with E-state index in [1.54, 1.807) is 40.7 Å². The van der Waals surface area contributed by atoms with Gasteiger partial charge in [-0.25, -0.2) is 12.8 Å². The maximum absolute atomic E-state index is 13.0. The van der Waals surface area contributed by atoms with Gasteiger partial charge in [0.1, 0.15) is 5.82 Å². The Morgan fingerprint density at radius 3 is 2.38 bits per heavy atom. The largest absolute Gasteiger partial charge is 0.339 e. The highest BCUT2D eigenvalue weighted by Crippen LogP contribution is 2.25. The summed E-state index contributed by atoms with van der Waals surface area (Å²) in [4.78, 5) is 4.63. The summed E-state index contributed by atoms with van der Waals surface area (Å²) in [6, 6.07) is 12.6. The van der Waals surface area contributed by atoms with Gasteiger partial charge in [-0.1, -0.05) is 24.2 Å². The van der Waals surface area contributed by atoms with E-state index in [-0.39, 0.29) is 10.7 Å². The van der Waals surface area contributed by atoms with E-state index in [1.165, 1.54) is 12.1 Å². The molecule has 1 saturated heterocycles. The van der Waals surface area contributed by atoms with Gasteiger partial charge in [0.15, 0.2) is 0 Å². The average molecular weight is 415 g/mol. The van der Waals surface area contributed by atoms with Crippen LogP contribution in [0.4, 0.5) is 4.39 Å². The van der Waals surface area contributed by atoms with Crippen LogP contribution in [0.1, 0.15) is 31.2 Å². The summed E-state index contributed by atoms with van der Waals surface area (Å²) in [5.41, 5.74) is 1.53. The van der Waals surface area contributed by atoms with Crippen LogP contribution in [0.5, 0.6) is 0 Å². The molecule has 8 heteroatoms. The predicted octanol–water partition coefficient (Wildman–Crippen LogP) is 3.89. The number of sulfonamides is 1. The highest BCUT2D eigenvalue weighted by molar-refractivity contribution is 7.89. The topological polar surface area (TPSA) is 76.3 Å². The molecule has 0 spiro atoms. The number of benzene rings is 2. The number of piperidine rings is 1. The average Bonchev–Trinajstić information content (AvgIpc) is 3.19. The Kier molecular flexibility index (Phi) is 5.47. The fraction of sp³-hybridized carbons (Fsp3) is 0.333. The Bertz CT molecular complexity index is 1070. The smallest absolute Gasteiger partial charge is 0.243 e. The van der Waals surface area contributed by atoms with Gasteiger partial charge in [0.2, 0.25) is 21.7 Å². The third kappa shape index (κ3) is 4.38. The van der Waals surface area contributed by atoms with Crippen LogP contribution in [0.15, 0.2) is 57.9 Å². The van der Waals surface area contributed by atoms with Crippen molar-refractivity contribution in [2.24, 2.45) is 5.92 Å². The first kappa shape index (κ1) is 19.7. The number of aromatic nitrogens is 2. The molecule has 1 aliphatic rings. The first-order chi connectivity index (χ1) is 13.9. The molecule has 0 amide bonds. The zero-order valence-electron chi connectivity index (χ0n) is 16.1. The quantitative estimate of drug-likeness (QED) is 0.632. The molecule has 1 fully saturated rings. The Hall–Kier alpha value is -2.58. The molecule has 0 unspecified atom stereocenters. The second-order valence-corrected chi connectivity index (χ2v) is 9.36. The number of hydrogen-bond donors (Lipinski definition) is 0. The lowest BCUT2D eigenvalue weighted by Crippen LogP contribution is -2.37. The maximum atomic E-state index is 13.0. The van der Waals surface area contributed by atoms with E-state index in [4.69, 9.17) is 4.52 Å². The summed E-state index contributed by atoms with van der Waals surface area (Å²) in [7, 11) is -3.48. The standard InChI is InChI=1S/C21H22FN3O3S/c1-15-10-12-25(13-11-15)29(26,27)19-8-4-17(5-9-19)21-23-20(28-24-21)14-16-2-6-18(22)7-3-16/h2-9,15H,10-14H2,1H3. The van der Waals surface area contributed by atoms with E-state index < -0.39 is 10.0 Å². The van der Waals surface area contributed by atoms with Crippen molar-refractivity contribution in [1.29, 1.82) is 0 Å². The molecule has 152 valence electrons. The van der Waals surface area contributed by atoms with E-state index in [0.29, 0.717) is 42.7 Å². The first-order valence-corrected chi connectivity index (χ1v) is 11.0. The summed E-state index contributed by atoms with van der Waals surface area (Å²) in [5.74, 6) is 1.06. The Morgan fingerprint density at radius 2 is 1.72 bits per heavy atom. The van der Waals surface area contributed by atoms with Crippen LogP contribution in [0.3, 0.4) is 0 Å². The highest BCUT2D eigenvalue weighted by atomic mass is 32.2. The van der Waals surface area contributed by atoms with Gasteiger partial charge < -0.3 is 4.52 Å². The predicted molar refractivity (Wildman–Crippen MR) is 106 cm³/mol. The SMILES string of the molecule is CC1CCN(S(=O)(=O)c2ccc(-c3noc(Cc4ccc(F)cc4)n3)cc2)CC1. The van der Waals surface area contributed by atoms with E-state index in [2.05, 4.69) is 17.1 Å². The number of hydrogen-bond acceptors (Lipinski definition) is 5. The molecule has 6 nitrogen and oxygen atoms in total. The summed E-state index contributed by atoms with van der Waals surface area (Å²) in [6.45, 7) is 3.26. The molecule has 4 rings (SSSR count). The number of rotatable bonds is 5. The van der Waals surface area contributed by atoms with E-state index in [0.717, 1.165) is 18.4 Å². The molecule has 0 bridgehead atoms. The van der Waals surface area contributed by atoms with Gasteiger partial charge in [0.05, 0.1) is 11.3 Å². The van der Waals surface area contributed by atoms with Gasteiger partial charge >= 0.3 is 0 Å². The molecule has 0 saturated carbocycles. The molecule has 0 radical (unpaired) electrons. The lowest BCUT2D eigenvalue weighted by atomic mass is 10.0. The molecular weight excluding hydrogens is 393 g/mol. The van der Waals surface area contributed by atoms with Gasteiger partial charge in [-0.05, 0) is 60.7 Å². The van der Waals surface area contributed by atoms with Crippen LogP contribution >= 0.6 is 0 Å². The Morgan fingerprint density at radius 1 is 1.07 bits per heavy atom. The summed E-state index contributed by atoms with van der Waals surface area (Å²) in [6.07, 6.45) is 2.17. The molecule has 0 atom stereocenters. The van der Waals surface area contributed by atoms with Crippen molar-refractivity contribution >= 4 is 10.0 Å². The van der Waals surface area contributed by atoms with Gasteiger partial charge in [0, 0.05) is 18.7 Å². The van der Waals surface area contributed by atoms with E-state index in [9.17, 15) is 12.8 Å². The van der Waals surface area contributed by atoms with Crippen LogP contribution in [0.25, 0.3) is 11.4 Å². The summed E-state index contributed by atoms with van der Waals surface area (Å²) < 4.78 is 45.5. The van der Waals surface area contributed by atoms with Crippen LogP contribution in [-0.2, 0) is 16.4 Å². The molecular formula is C21H22FN3O3S. The third-order valence-corrected chi connectivity index (χ3v) is 7.14. The maximum Gasteiger partial charge on any atom is 0.243 e. The van der Waals surface area contributed by atoms with E-state index in [1.807, 2.05) is 0 Å². The molecule has 0 N–H and O–H groups in total. The second kappa shape index (κ2) is 8.04. The van der Waals surface area contributed by atoms with Crippen LogP contribution in [-0.4, -0.2) is 36.0 Å². The molecule has 0 aliphatic carbocycles. The first-order valence-electron chi connectivity index (χ1n) is 9.59. The Balaban J connectivity index is 1.48. The van der Waals surface area contributed by atoms with Gasteiger partial charge in [-0.2, -0.15) is 9.29 Å². The number of halogens is 1. The minimum absolute atomic E-state index is 0.269. The lowest BCUT2D eigenvalue weighted by Gasteiger charge is -2.29. The summed E-state index contributed by atoms with van der Waals surface area (Å²) >= 11 is 0. The van der Waals surface area contributed by atoms with Crippen LogP contribution in [0, 0.1) is 11.7 Å². The monoisotopic (exact) mass is 415 g/mol. The van der Waals surface area contributed by atoms with E-state index >= 15 is 0 Å². The molecule has 3 aromatic rings. The molecule has 2 aromatic carbocycles. The number of nitrogens with zero attached hydrogens (tertiary/aromatic N) is 3. The van der Waals surface area contributed by atoms with Crippen molar-refractivity contribution < 1.29 is 17.3 Å². The van der Waals surface area contributed by atoms with Gasteiger partial charge in [-0.15, -0.1) is 0 Å². The molecule has 1 aromatic heterocycles. The van der Waals surface area contributed by atoms with Crippen molar-refractivity contribution in [3.63, 3.8) is 0 Å². The highest BCUT2D eigenvalue weighted by Gasteiger charge is 2.28. The molecule has 1 aliphatic heterocycles. The van der Waals surface area contributed by atoms with Gasteiger partial charge in [0.25, 0.3) is 0 Å². The summed E-state index contributed by atoms with van der Waals surface area (Å²) in [5, 5.41) is 3.97. The normalized spacial score (nSPS) is 16.2. The van der Waals surface area contributed by atoms with Crippen molar-refractivity contribution in [3.8, 4) is 11.4 Å². The van der Waals surface area contributed by atoms with Crippen molar-refractivity contribution in [2.45, 2.75) is 31.1 Å². The zero-order chi connectivity index (χ0) is 20.4. The lowest BCUT2D eigenvalue weighted by molar-refractivity contribution is 0.288. The van der Waals surface area contributed by atoms with Crippen LogP contribution < -0.4 is 0 Å². The van der Waals surface area contributed by atoms with Crippen LogP contribution in [0.2, 0.25) is 0 Å². The van der Waals surface area contributed by atoms with Gasteiger partial charge in [-0.3, -0.25) is 0 Å². The van der Waals surface area contributed by atoms with Crippen molar-refractivity contribution in [3.05, 3.63) is 65.8 Å². The molecule has 2 heterocycles. The Labute approximate surface area is 169 Å². The minimum Gasteiger partial charge on any atom is -0.339 e.